The molecule has 0 atom stereocenters. The van der Waals surface area contributed by atoms with E-state index in [1.54, 1.807) is 0 Å². The Morgan fingerprint density at radius 2 is 1.23 bits per heavy atom. The molecule has 0 aliphatic heterocycles. The molecule has 0 saturated carbocycles. The van der Waals surface area contributed by atoms with Gasteiger partial charge in [-0.1, -0.05) is 0 Å². The van der Waals surface area contributed by atoms with E-state index in [-0.39, 0.29) is 12.3 Å². The molecular weight excluding hydrogens is 381 g/mol. The van der Waals surface area contributed by atoms with Crippen molar-refractivity contribution in [1.29, 1.82) is 0 Å². The third-order valence-electron chi connectivity index (χ3n) is 2.22. The molecule has 0 heterocycles. The third-order valence-corrected chi connectivity index (χ3v) is 6.10. The molecule has 0 amide bonds. The predicted octanol–water partition coefficient (Wildman–Crippen LogP) is 1.62. The number of rotatable bonds is 6. The first kappa shape index (κ1) is 19.1. The summed E-state index contributed by atoms with van der Waals surface area (Å²) in [4.78, 5) is -2.28. The minimum Gasteiger partial charge on any atom is -0.211 e. The Kier molecular flexibility index (Phi) is 5.76. The first-order valence-corrected chi connectivity index (χ1v) is 8.95. The molecule has 0 saturated heterocycles. The Morgan fingerprint density at radius 3 is 1.64 bits per heavy atom. The smallest absolute Gasteiger partial charge is 0.211 e. The van der Waals surface area contributed by atoms with Crippen molar-refractivity contribution in [3.05, 3.63) is 29.1 Å². The van der Waals surface area contributed by atoms with Gasteiger partial charge in [-0.3, -0.25) is 0 Å². The summed E-state index contributed by atoms with van der Waals surface area (Å²) in [6, 6.07) is 0. The van der Waals surface area contributed by atoms with E-state index in [9.17, 15) is 38.8 Å². The highest BCUT2D eigenvalue weighted by Crippen LogP contribution is 2.26. The molecule has 0 bridgehead atoms. The second-order valence-corrected chi connectivity index (χ2v) is 7.94. The van der Waals surface area contributed by atoms with E-state index in [4.69, 9.17) is 11.6 Å². The van der Waals surface area contributed by atoms with E-state index in [0.29, 0.717) is 0 Å². The topological polar surface area (TPSA) is 80.3 Å². The summed E-state index contributed by atoms with van der Waals surface area (Å²) < 4.78 is 112. The average Bonchev–Trinajstić information content (AvgIpc) is 2.39. The summed E-state index contributed by atoms with van der Waals surface area (Å²) in [5.41, 5.74) is 0. The molecule has 0 aliphatic rings. The van der Waals surface area contributed by atoms with Crippen molar-refractivity contribution in [2.45, 2.75) is 11.3 Å². The summed E-state index contributed by atoms with van der Waals surface area (Å²) in [7, 11) is -10.2. The van der Waals surface area contributed by atoms with E-state index < -0.39 is 59.8 Å². The first-order valence-electron chi connectivity index (χ1n) is 5.28. The van der Waals surface area contributed by atoms with Crippen LogP contribution in [-0.4, -0.2) is 28.5 Å². The predicted molar refractivity (Wildman–Crippen MR) is 65.7 cm³/mol. The van der Waals surface area contributed by atoms with Crippen molar-refractivity contribution in [2.75, 3.05) is 11.6 Å². The Hall–Kier alpha value is -0.980. The summed E-state index contributed by atoms with van der Waals surface area (Å²) in [5.74, 6) is -13.9. The SMILES string of the molecule is O=S(=O)(CCCCl)NS(=O)(=O)c1c(F)c(F)c(F)c(F)c1F. The quantitative estimate of drug-likeness (QED) is 0.348. The van der Waals surface area contributed by atoms with Gasteiger partial charge in [0.1, 0.15) is 0 Å². The van der Waals surface area contributed by atoms with Crippen LogP contribution in [0.2, 0.25) is 0 Å². The van der Waals surface area contributed by atoms with Crippen LogP contribution in [0.1, 0.15) is 6.42 Å². The lowest BCUT2D eigenvalue weighted by Gasteiger charge is -2.10. The second-order valence-electron chi connectivity index (χ2n) is 3.85. The number of alkyl halides is 1. The lowest BCUT2D eigenvalue weighted by Crippen LogP contribution is -2.34. The third kappa shape index (κ3) is 3.86. The molecular formula is C9H7ClF5NO4S2. The summed E-state index contributed by atoms with van der Waals surface area (Å²) >= 11 is 5.20. The van der Waals surface area contributed by atoms with Gasteiger partial charge < -0.3 is 0 Å². The average molecular weight is 388 g/mol. The van der Waals surface area contributed by atoms with E-state index >= 15 is 0 Å². The minimum atomic E-state index is -5.55. The molecule has 1 aromatic rings. The number of sulfonamides is 2. The van der Waals surface area contributed by atoms with E-state index in [2.05, 4.69) is 0 Å². The number of hydrogen-bond donors (Lipinski definition) is 1. The molecule has 13 heteroatoms. The fourth-order valence-electron chi connectivity index (χ4n) is 1.32. The maximum absolute atomic E-state index is 13.4. The summed E-state index contributed by atoms with van der Waals surface area (Å²) in [5, 5.41) is 0. The highest BCUT2D eigenvalue weighted by Gasteiger charge is 2.35. The van der Waals surface area contributed by atoms with Crippen LogP contribution in [0.5, 0.6) is 0 Å². The lowest BCUT2D eigenvalue weighted by molar-refractivity contribution is 0.357. The molecule has 1 aromatic carbocycles. The van der Waals surface area contributed by atoms with Crippen LogP contribution in [0.3, 0.4) is 0 Å². The number of halogens is 6. The molecule has 5 nitrogen and oxygen atoms in total. The van der Waals surface area contributed by atoms with Gasteiger partial charge in [0, 0.05) is 5.88 Å². The number of hydrogen-bond acceptors (Lipinski definition) is 4. The Morgan fingerprint density at radius 1 is 0.818 bits per heavy atom. The molecule has 0 unspecified atom stereocenters. The monoisotopic (exact) mass is 387 g/mol. The maximum atomic E-state index is 13.4. The van der Waals surface area contributed by atoms with Crippen LogP contribution < -0.4 is 4.13 Å². The zero-order valence-electron chi connectivity index (χ0n) is 10.3. The van der Waals surface area contributed by atoms with Crippen molar-refractivity contribution in [3.63, 3.8) is 0 Å². The van der Waals surface area contributed by atoms with Crippen LogP contribution in [0, 0.1) is 29.1 Å². The molecule has 0 fully saturated rings. The fraction of sp³-hybridized carbons (Fsp3) is 0.333. The lowest BCUT2D eigenvalue weighted by atomic mass is 10.3. The van der Waals surface area contributed by atoms with E-state index in [1.165, 1.54) is 0 Å². The molecule has 0 aliphatic carbocycles. The number of nitrogens with one attached hydrogen (secondary N) is 1. The van der Waals surface area contributed by atoms with Crippen LogP contribution in [0.4, 0.5) is 22.0 Å². The van der Waals surface area contributed by atoms with Gasteiger partial charge in [0.05, 0.1) is 5.75 Å². The van der Waals surface area contributed by atoms with Crippen molar-refractivity contribution in [3.8, 4) is 0 Å². The van der Waals surface area contributed by atoms with Crippen LogP contribution >= 0.6 is 11.6 Å². The van der Waals surface area contributed by atoms with E-state index in [1.807, 2.05) is 0 Å². The van der Waals surface area contributed by atoms with Crippen LogP contribution in [0.15, 0.2) is 4.90 Å². The van der Waals surface area contributed by atoms with Crippen LogP contribution in [0.25, 0.3) is 0 Å². The second kappa shape index (κ2) is 6.64. The molecule has 126 valence electrons. The Bertz CT molecular complexity index is 768. The van der Waals surface area contributed by atoms with Gasteiger partial charge in [0.2, 0.25) is 15.8 Å². The summed E-state index contributed by atoms with van der Waals surface area (Å²) in [6.45, 7) is 0. The van der Waals surface area contributed by atoms with Gasteiger partial charge in [-0.15, -0.1) is 15.7 Å². The molecule has 0 radical (unpaired) electrons. The first-order chi connectivity index (χ1) is 9.94. The fourth-order valence-corrected chi connectivity index (χ4v) is 4.79. The van der Waals surface area contributed by atoms with Gasteiger partial charge in [-0.05, 0) is 6.42 Å². The van der Waals surface area contributed by atoms with Crippen molar-refractivity contribution < 1.29 is 38.8 Å². The van der Waals surface area contributed by atoms with Crippen LogP contribution in [-0.2, 0) is 20.0 Å². The van der Waals surface area contributed by atoms with Crippen molar-refractivity contribution in [1.82, 2.24) is 4.13 Å². The molecule has 1 N–H and O–H groups in total. The molecule has 1 rings (SSSR count). The van der Waals surface area contributed by atoms with E-state index in [0.717, 1.165) is 4.13 Å². The molecule has 22 heavy (non-hydrogen) atoms. The standard InChI is InChI=1S/C9H7ClF5NO4S2/c10-2-1-3-21(17,18)16-22(19,20)9-7(14)5(12)4(11)6(13)8(9)15/h16H,1-3H2. The summed E-state index contributed by atoms with van der Waals surface area (Å²) in [6.07, 6.45) is -0.205. The largest absolute Gasteiger partial charge is 0.259 e. The minimum absolute atomic E-state index is 0.163. The van der Waals surface area contributed by atoms with Crippen molar-refractivity contribution >= 4 is 31.6 Å². The zero-order chi connectivity index (χ0) is 17.3. The van der Waals surface area contributed by atoms with Gasteiger partial charge in [0.15, 0.2) is 28.2 Å². The normalized spacial score (nSPS) is 12.6. The van der Waals surface area contributed by atoms with Gasteiger partial charge in [-0.25, -0.2) is 38.8 Å². The van der Waals surface area contributed by atoms with Gasteiger partial charge in [0.25, 0.3) is 10.0 Å². The molecule has 0 aromatic heterocycles. The van der Waals surface area contributed by atoms with Gasteiger partial charge in [-0.2, -0.15) is 0 Å². The number of benzene rings is 1. The molecule has 0 spiro atoms. The highest BCUT2D eigenvalue weighted by molar-refractivity contribution is 8.04. The maximum Gasteiger partial charge on any atom is 0.259 e. The Labute approximate surface area is 127 Å². The van der Waals surface area contributed by atoms with Gasteiger partial charge >= 0.3 is 0 Å². The Balaban J connectivity index is 3.43. The zero-order valence-corrected chi connectivity index (χ0v) is 12.7. The highest BCUT2D eigenvalue weighted by atomic mass is 35.5. The van der Waals surface area contributed by atoms with Crippen molar-refractivity contribution in [2.24, 2.45) is 0 Å².